The minimum absolute atomic E-state index is 0.328. The van der Waals surface area contributed by atoms with E-state index in [1.807, 2.05) is 37.0 Å². The molecule has 0 saturated heterocycles. The summed E-state index contributed by atoms with van der Waals surface area (Å²) in [6.45, 7) is 4.14. The Morgan fingerprint density at radius 3 is 2.94 bits per heavy atom. The number of furan rings is 1. The lowest BCUT2D eigenvalue weighted by Gasteiger charge is -2.12. The van der Waals surface area contributed by atoms with Crippen molar-refractivity contribution in [3.8, 4) is 0 Å². The van der Waals surface area contributed by atoms with Gasteiger partial charge in [0, 0.05) is 25.7 Å². The van der Waals surface area contributed by atoms with E-state index < -0.39 is 0 Å². The molecule has 0 aliphatic carbocycles. The van der Waals surface area contributed by atoms with Gasteiger partial charge >= 0.3 is 0 Å². The van der Waals surface area contributed by atoms with Crippen LogP contribution in [0.15, 0.2) is 29.0 Å². The minimum Gasteiger partial charge on any atom is -0.469 e. The summed E-state index contributed by atoms with van der Waals surface area (Å²) in [5.41, 5.74) is 2.11. The number of aryl methyl sites for hydroxylation is 2. The monoisotopic (exact) mass is 219 g/mol. The predicted octanol–water partition coefficient (Wildman–Crippen LogP) is 2.36. The molecule has 0 fully saturated rings. The summed E-state index contributed by atoms with van der Waals surface area (Å²) in [6, 6.07) is 4.24. The molecule has 1 atom stereocenters. The molecule has 0 aliphatic rings. The Morgan fingerprint density at radius 2 is 2.38 bits per heavy atom. The molecule has 1 unspecified atom stereocenters. The second-order valence-electron chi connectivity index (χ2n) is 4.13. The lowest BCUT2D eigenvalue weighted by molar-refractivity contribution is 0.497. The highest BCUT2D eigenvalue weighted by Gasteiger charge is 2.08. The van der Waals surface area contributed by atoms with Crippen molar-refractivity contribution in [1.82, 2.24) is 9.78 Å². The average molecular weight is 219 g/mol. The molecule has 2 aromatic rings. The SMILES string of the molecule is Cc1nn(C)cc1NC(C)Cc1ccco1. The Morgan fingerprint density at radius 1 is 1.56 bits per heavy atom. The Bertz CT molecular complexity index is 445. The topological polar surface area (TPSA) is 43.0 Å². The van der Waals surface area contributed by atoms with Gasteiger partial charge in [-0.1, -0.05) is 0 Å². The summed E-state index contributed by atoms with van der Waals surface area (Å²) in [7, 11) is 1.93. The van der Waals surface area contributed by atoms with E-state index >= 15 is 0 Å². The summed E-state index contributed by atoms with van der Waals surface area (Å²) in [5.74, 6) is 1.00. The van der Waals surface area contributed by atoms with Gasteiger partial charge in [-0.25, -0.2) is 0 Å². The van der Waals surface area contributed by atoms with Crippen molar-refractivity contribution in [2.75, 3.05) is 5.32 Å². The largest absolute Gasteiger partial charge is 0.469 e. The molecule has 2 aromatic heterocycles. The van der Waals surface area contributed by atoms with Crippen molar-refractivity contribution in [2.45, 2.75) is 26.3 Å². The normalized spacial score (nSPS) is 12.7. The zero-order valence-corrected chi connectivity index (χ0v) is 9.90. The highest BCUT2D eigenvalue weighted by molar-refractivity contribution is 5.46. The smallest absolute Gasteiger partial charge is 0.105 e. The van der Waals surface area contributed by atoms with Crippen LogP contribution < -0.4 is 5.32 Å². The fourth-order valence-electron chi connectivity index (χ4n) is 1.79. The molecule has 2 heterocycles. The second-order valence-corrected chi connectivity index (χ2v) is 4.13. The first-order chi connectivity index (χ1) is 7.65. The van der Waals surface area contributed by atoms with E-state index in [0.717, 1.165) is 23.6 Å². The van der Waals surface area contributed by atoms with E-state index in [1.165, 1.54) is 0 Å². The van der Waals surface area contributed by atoms with Crippen LogP contribution in [0.1, 0.15) is 18.4 Å². The Hall–Kier alpha value is -1.71. The van der Waals surface area contributed by atoms with Crippen molar-refractivity contribution in [3.63, 3.8) is 0 Å². The number of nitrogens with one attached hydrogen (secondary N) is 1. The van der Waals surface area contributed by atoms with E-state index in [-0.39, 0.29) is 0 Å². The van der Waals surface area contributed by atoms with Crippen LogP contribution in [-0.2, 0) is 13.5 Å². The third-order valence-electron chi connectivity index (χ3n) is 2.50. The van der Waals surface area contributed by atoms with Crippen molar-refractivity contribution in [2.24, 2.45) is 7.05 Å². The molecule has 0 saturated carbocycles. The first-order valence-corrected chi connectivity index (χ1v) is 5.44. The van der Waals surface area contributed by atoms with Gasteiger partial charge < -0.3 is 9.73 Å². The van der Waals surface area contributed by atoms with Crippen LogP contribution >= 0.6 is 0 Å². The Kier molecular flexibility index (Phi) is 2.99. The molecular formula is C12H17N3O. The standard InChI is InChI=1S/C12H17N3O/c1-9(7-11-5-4-6-16-11)13-12-8-15(3)14-10(12)2/h4-6,8-9,13H,7H2,1-3H3. The van der Waals surface area contributed by atoms with E-state index in [2.05, 4.69) is 17.3 Å². The second kappa shape index (κ2) is 4.43. The molecule has 0 aliphatic heterocycles. The summed E-state index contributed by atoms with van der Waals surface area (Å²) in [6.07, 6.45) is 4.58. The van der Waals surface area contributed by atoms with E-state index in [4.69, 9.17) is 4.42 Å². The molecule has 2 rings (SSSR count). The molecule has 1 N–H and O–H groups in total. The quantitative estimate of drug-likeness (QED) is 0.858. The van der Waals surface area contributed by atoms with Gasteiger partial charge in [0.15, 0.2) is 0 Å². The minimum atomic E-state index is 0.328. The van der Waals surface area contributed by atoms with Crippen molar-refractivity contribution < 1.29 is 4.42 Å². The van der Waals surface area contributed by atoms with Gasteiger partial charge in [0.2, 0.25) is 0 Å². The van der Waals surface area contributed by atoms with Crippen LogP contribution in [0.5, 0.6) is 0 Å². The molecule has 0 radical (unpaired) electrons. The van der Waals surface area contributed by atoms with Gasteiger partial charge in [0.25, 0.3) is 0 Å². The number of hydrogen-bond acceptors (Lipinski definition) is 3. The fraction of sp³-hybridized carbons (Fsp3) is 0.417. The van der Waals surface area contributed by atoms with Gasteiger partial charge in [-0.2, -0.15) is 5.10 Å². The molecule has 4 heteroatoms. The maximum Gasteiger partial charge on any atom is 0.105 e. The van der Waals surface area contributed by atoms with Crippen molar-refractivity contribution in [1.29, 1.82) is 0 Å². The third kappa shape index (κ3) is 2.45. The van der Waals surface area contributed by atoms with E-state index in [9.17, 15) is 0 Å². The Balaban J connectivity index is 1.97. The van der Waals surface area contributed by atoms with Crippen LogP contribution in [0, 0.1) is 6.92 Å². The number of anilines is 1. The Labute approximate surface area is 95.3 Å². The highest BCUT2D eigenvalue weighted by atomic mass is 16.3. The van der Waals surface area contributed by atoms with Gasteiger partial charge in [0.1, 0.15) is 5.76 Å². The number of hydrogen-bond donors (Lipinski definition) is 1. The van der Waals surface area contributed by atoms with Crippen LogP contribution in [-0.4, -0.2) is 15.8 Å². The van der Waals surface area contributed by atoms with Gasteiger partial charge in [-0.3, -0.25) is 4.68 Å². The van der Waals surface area contributed by atoms with Crippen LogP contribution in [0.4, 0.5) is 5.69 Å². The molecule has 4 nitrogen and oxygen atoms in total. The lowest BCUT2D eigenvalue weighted by atomic mass is 10.2. The first kappa shape index (κ1) is 10.8. The maximum absolute atomic E-state index is 5.32. The van der Waals surface area contributed by atoms with Crippen LogP contribution in [0.25, 0.3) is 0 Å². The molecular weight excluding hydrogens is 202 g/mol. The average Bonchev–Trinajstić information content (AvgIpc) is 2.78. The molecule has 16 heavy (non-hydrogen) atoms. The van der Waals surface area contributed by atoms with Crippen molar-refractivity contribution in [3.05, 3.63) is 36.0 Å². The molecule has 0 aromatic carbocycles. The third-order valence-corrected chi connectivity index (χ3v) is 2.50. The molecule has 0 bridgehead atoms. The number of aromatic nitrogens is 2. The zero-order chi connectivity index (χ0) is 11.5. The first-order valence-electron chi connectivity index (χ1n) is 5.44. The van der Waals surface area contributed by atoms with Crippen LogP contribution in [0.2, 0.25) is 0 Å². The van der Waals surface area contributed by atoms with Gasteiger partial charge in [-0.05, 0) is 26.0 Å². The highest BCUT2D eigenvalue weighted by Crippen LogP contribution is 2.14. The zero-order valence-electron chi connectivity index (χ0n) is 9.90. The molecule has 0 amide bonds. The van der Waals surface area contributed by atoms with Crippen LogP contribution in [0.3, 0.4) is 0 Å². The van der Waals surface area contributed by atoms with Gasteiger partial charge in [-0.15, -0.1) is 0 Å². The summed E-state index contributed by atoms with van der Waals surface area (Å²) < 4.78 is 7.13. The molecule has 86 valence electrons. The van der Waals surface area contributed by atoms with Gasteiger partial charge in [0.05, 0.1) is 17.6 Å². The maximum atomic E-state index is 5.32. The van der Waals surface area contributed by atoms with E-state index in [1.54, 1.807) is 6.26 Å². The van der Waals surface area contributed by atoms with E-state index in [0.29, 0.717) is 6.04 Å². The summed E-state index contributed by atoms with van der Waals surface area (Å²) in [4.78, 5) is 0. The van der Waals surface area contributed by atoms with Crippen molar-refractivity contribution >= 4 is 5.69 Å². The lowest BCUT2D eigenvalue weighted by Crippen LogP contribution is -2.17. The summed E-state index contributed by atoms with van der Waals surface area (Å²) >= 11 is 0. The number of nitrogens with zero attached hydrogens (tertiary/aromatic N) is 2. The molecule has 0 spiro atoms. The summed E-state index contributed by atoms with van der Waals surface area (Å²) in [5, 5.41) is 7.72. The predicted molar refractivity (Wildman–Crippen MR) is 63.4 cm³/mol. The number of rotatable bonds is 4. The fourth-order valence-corrected chi connectivity index (χ4v) is 1.79.